The zero-order valence-corrected chi connectivity index (χ0v) is 11.6. The Morgan fingerprint density at radius 1 is 0.947 bits per heavy atom. The fraction of sp³-hybridized carbons (Fsp3) is 0.294. The van der Waals surface area contributed by atoms with Gasteiger partial charge in [-0.3, -0.25) is 0 Å². The third-order valence-corrected chi connectivity index (χ3v) is 3.21. The van der Waals surface area contributed by atoms with Crippen molar-refractivity contribution >= 4 is 0 Å². The van der Waals surface area contributed by atoms with Crippen LogP contribution < -0.4 is 10.1 Å². The Morgan fingerprint density at radius 3 is 2.26 bits per heavy atom. The van der Waals surface area contributed by atoms with E-state index in [-0.39, 0.29) is 0 Å². The van der Waals surface area contributed by atoms with Gasteiger partial charge in [0, 0.05) is 6.04 Å². The molecule has 100 valence electrons. The molecule has 19 heavy (non-hydrogen) atoms. The van der Waals surface area contributed by atoms with E-state index in [0.29, 0.717) is 12.6 Å². The van der Waals surface area contributed by atoms with Crippen LogP contribution in [0.5, 0.6) is 5.75 Å². The van der Waals surface area contributed by atoms with Gasteiger partial charge in [0.05, 0.1) is 0 Å². The molecule has 0 spiro atoms. The number of hydrogen-bond donors (Lipinski definition) is 1. The quantitative estimate of drug-likeness (QED) is 0.854. The lowest BCUT2D eigenvalue weighted by atomic mass is 10.1. The lowest BCUT2D eigenvalue weighted by molar-refractivity contribution is 0.306. The van der Waals surface area contributed by atoms with E-state index >= 15 is 0 Å². The van der Waals surface area contributed by atoms with Crippen LogP contribution in [0.15, 0.2) is 54.6 Å². The molecule has 2 heteroatoms. The minimum absolute atomic E-state index is 0.496. The molecule has 1 unspecified atom stereocenters. The van der Waals surface area contributed by atoms with Gasteiger partial charge >= 0.3 is 0 Å². The molecule has 0 aliphatic rings. The van der Waals surface area contributed by atoms with Crippen molar-refractivity contribution < 1.29 is 4.74 Å². The lowest BCUT2D eigenvalue weighted by Crippen LogP contribution is -2.23. The Kier molecular flexibility index (Phi) is 4.99. The van der Waals surface area contributed by atoms with Gasteiger partial charge in [-0.15, -0.1) is 0 Å². The minimum Gasteiger partial charge on any atom is -0.489 e. The summed E-state index contributed by atoms with van der Waals surface area (Å²) < 4.78 is 5.76. The molecule has 0 aromatic heterocycles. The van der Waals surface area contributed by atoms with Gasteiger partial charge in [0.25, 0.3) is 0 Å². The molecule has 2 rings (SSSR count). The smallest absolute Gasteiger partial charge is 0.119 e. The van der Waals surface area contributed by atoms with Gasteiger partial charge in [-0.05, 0) is 43.7 Å². The van der Waals surface area contributed by atoms with Crippen molar-refractivity contribution in [3.8, 4) is 5.75 Å². The molecule has 0 aliphatic heterocycles. The van der Waals surface area contributed by atoms with Crippen molar-refractivity contribution in [2.45, 2.75) is 26.0 Å². The molecule has 0 saturated heterocycles. The van der Waals surface area contributed by atoms with E-state index in [1.165, 1.54) is 11.1 Å². The predicted octanol–water partition coefficient (Wildman–Crippen LogP) is 3.42. The number of likely N-dealkylation sites (N-methyl/N-ethyl adjacent to an activating group) is 1. The molecule has 1 N–H and O–H groups in total. The first-order valence-electron chi connectivity index (χ1n) is 6.71. The normalized spacial score (nSPS) is 12.1. The molecule has 2 aromatic rings. The Morgan fingerprint density at radius 2 is 1.63 bits per heavy atom. The van der Waals surface area contributed by atoms with E-state index < -0.39 is 0 Å². The second-order valence-electron chi connectivity index (χ2n) is 4.81. The van der Waals surface area contributed by atoms with E-state index in [1.54, 1.807) is 0 Å². The van der Waals surface area contributed by atoms with Gasteiger partial charge in [-0.25, -0.2) is 0 Å². The number of benzene rings is 2. The number of nitrogens with one attached hydrogen (secondary N) is 1. The average molecular weight is 255 g/mol. The zero-order valence-electron chi connectivity index (χ0n) is 11.6. The van der Waals surface area contributed by atoms with E-state index in [1.807, 2.05) is 37.4 Å². The average Bonchev–Trinajstić information content (AvgIpc) is 2.47. The molecule has 0 fully saturated rings. The summed E-state index contributed by atoms with van der Waals surface area (Å²) in [5.41, 5.74) is 2.52. The molecule has 0 radical (unpaired) electrons. The summed E-state index contributed by atoms with van der Waals surface area (Å²) >= 11 is 0. The predicted molar refractivity (Wildman–Crippen MR) is 79.4 cm³/mol. The van der Waals surface area contributed by atoms with Gasteiger partial charge in [-0.1, -0.05) is 42.5 Å². The highest BCUT2D eigenvalue weighted by Crippen LogP contribution is 2.15. The van der Waals surface area contributed by atoms with Crippen LogP contribution in [-0.2, 0) is 13.0 Å². The highest BCUT2D eigenvalue weighted by atomic mass is 16.5. The molecule has 2 aromatic carbocycles. The number of ether oxygens (including phenoxy) is 1. The summed E-state index contributed by atoms with van der Waals surface area (Å²) in [7, 11) is 1.99. The molecule has 1 atom stereocenters. The standard InChI is InChI=1S/C17H21NO/c1-14(18-2)12-15-8-10-17(11-9-15)19-13-16-6-4-3-5-7-16/h3-11,14,18H,12-13H2,1-2H3. The fourth-order valence-corrected chi connectivity index (χ4v) is 1.92. The van der Waals surface area contributed by atoms with E-state index in [4.69, 9.17) is 4.74 Å². The summed E-state index contributed by atoms with van der Waals surface area (Å²) in [6.45, 7) is 2.80. The van der Waals surface area contributed by atoms with Crippen LogP contribution in [0.2, 0.25) is 0 Å². The SMILES string of the molecule is CNC(C)Cc1ccc(OCc2ccccc2)cc1. The Hall–Kier alpha value is -1.80. The van der Waals surface area contributed by atoms with Crippen molar-refractivity contribution in [3.63, 3.8) is 0 Å². The van der Waals surface area contributed by atoms with Gasteiger partial charge in [0.1, 0.15) is 12.4 Å². The highest BCUT2D eigenvalue weighted by Gasteiger charge is 2.01. The van der Waals surface area contributed by atoms with Crippen LogP contribution in [0.25, 0.3) is 0 Å². The molecular formula is C17H21NO. The Balaban J connectivity index is 1.88. The van der Waals surface area contributed by atoms with Crippen molar-refractivity contribution in [1.29, 1.82) is 0 Å². The van der Waals surface area contributed by atoms with Crippen molar-refractivity contribution in [1.82, 2.24) is 5.32 Å². The van der Waals surface area contributed by atoms with E-state index in [0.717, 1.165) is 12.2 Å². The van der Waals surface area contributed by atoms with Crippen LogP contribution in [0.1, 0.15) is 18.1 Å². The maximum Gasteiger partial charge on any atom is 0.119 e. The van der Waals surface area contributed by atoms with Gasteiger partial charge in [-0.2, -0.15) is 0 Å². The van der Waals surface area contributed by atoms with Crippen molar-refractivity contribution in [2.24, 2.45) is 0 Å². The first-order valence-corrected chi connectivity index (χ1v) is 6.71. The number of rotatable bonds is 6. The summed E-state index contributed by atoms with van der Waals surface area (Å²) in [5.74, 6) is 0.921. The van der Waals surface area contributed by atoms with Gasteiger partial charge in [0.2, 0.25) is 0 Å². The fourth-order valence-electron chi connectivity index (χ4n) is 1.92. The second-order valence-corrected chi connectivity index (χ2v) is 4.81. The van der Waals surface area contributed by atoms with Gasteiger partial charge in [0.15, 0.2) is 0 Å². The maximum absolute atomic E-state index is 5.76. The van der Waals surface area contributed by atoms with Crippen molar-refractivity contribution in [3.05, 3.63) is 65.7 Å². The molecular weight excluding hydrogens is 234 g/mol. The third-order valence-electron chi connectivity index (χ3n) is 3.21. The summed E-state index contributed by atoms with van der Waals surface area (Å²) in [6, 6.07) is 19.1. The first kappa shape index (κ1) is 13.6. The largest absolute Gasteiger partial charge is 0.489 e. The van der Waals surface area contributed by atoms with E-state index in [9.17, 15) is 0 Å². The second kappa shape index (κ2) is 6.95. The maximum atomic E-state index is 5.76. The Bertz CT molecular complexity index is 478. The van der Waals surface area contributed by atoms with E-state index in [2.05, 4.69) is 36.5 Å². The molecule has 0 amide bonds. The third kappa shape index (κ3) is 4.42. The molecule has 0 saturated carbocycles. The van der Waals surface area contributed by atoms with Crippen LogP contribution in [-0.4, -0.2) is 13.1 Å². The van der Waals surface area contributed by atoms with Gasteiger partial charge < -0.3 is 10.1 Å². The monoisotopic (exact) mass is 255 g/mol. The van der Waals surface area contributed by atoms with Crippen LogP contribution in [0.4, 0.5) is 0 Å². The first-order chi connectivity index (χ1) is 9.28. The molecule has 0 heterocycles. The Labute approximate surface area is 115 Å². The van der Waals surface area contributed by atoms with Crippen molar-refractivity contribution in [2.75, 3.05) is 7.05 Å². The number of hydrogen-bond acceptors (Lipinski definition) is 2. The molecule has 2 nitrogen and oxygen atoms in total. The molecule has 0 aliphatic carbocycles. The minimum atomic E-state index is 0.496. The lowest BCUT2D eigenvalue weighted by Gasteiger charge is -2.11. The van der Waals surface area contributed by atoms with Crippen LogP contribution in [0.3, 0.4) is 0 Å². The van der Waals surface area contributed by atoms with Crippen LogP contribution in [0, 0.1) is 0 Å². The topological polar surface area (TPSA) is 21.3 Å². The summed E-state index contributed by atoms with van der Waals surface area (Å²) in [6.07, 6.45) is 1.04. The summed E-state index contributed by atoms with van der Waals surface area (Å²) in [4.78, 5) is 0. The van der Waals surface area contributed by atoms with Crippen LogP contribution >= 0.6 is 0 Å². The highest BCUT2D eigenvalue weighted by molar-refractivity contribution is 5.28. The molecule has 0 bridgehead atoms. The zero-order chi connectivity index (χ0) is 13.5. The summed E-state index contributed by atoms with van der Waals surface area (Å²) in [5, 5.41) is 3.24.